The molecule has 0 saturated heterocycles. The normalized spacial score (nSPS) is 13.3. The van der Waals surface area contributed by atoms with E-state index in [1.807, 2.05) is 0 Å². The fourth-order valence-corrected chi connectivity index (χ4v) is 1.57. The molecule has 2 N–H and O–H groups in total. The fraction of sp³-hybridized carbons (Fsp3) is 0.200. The van der Waals surface area contributed by atoms with Gasteiger partial charge in [-0.2, -0.15) is 0 Å². The maximum Gasteiger partial charge on any atom is 0.269 e. The third-order valence-corrected chi connectivity index (χ3v) is 2.23. The third-order valence-electron chi connectivity index (χ3n) is 2.23. The zero-order valence-electron chi connectivity index (χ0n) is 8.15. The highest BCUT2D eigenvalue weighted by atomic mass is 19.3. The number of allylic oxidation sites excluding steroid dienone is 1. The van der Waals surface area contributed by atoms with Crippen LogP contribution in [0, 0.1) is 0 Å². The molecule has 0 aliphatic carbocycles. The molecule has 2 rings (SSSR count). The lowest BCUT2D eigenvalue weighted by atomic mass is 10.0. The summed E-state index contributed by atoms with van der Waals surface area (Å²) in [5.41, 5.74) is 6.30. The van der Waals surface area contributed by atoms with Crippen LogP contribution in [0.4, 0.5) is 14.5 Å². The summed E-state index contributed by atoms with van der Waals surface area (Å²) in [6.45, 7) is 0. The van der Waals surface area contributed by atoms with E-state index in [-0.39, 0.29) is 11.4 Å². The molecule has 1 aromatic heterocycles. The number of carbonyl (C=O) groups is 1. The van der Waals surface area contributed by atoms with Gasteiger partial charge in [0.2, 0.25) is 6.43 Å². The van der Waals surface area contributed by atoms with Crippen LogP contribution in [-0.4, -0.2) is 17.3 Å². The van der Waals surface area contributed by atoms with Gasteiger partial charge in [0, 0.05) is 24.4 Å². The van der Waals surface area contributed by atoms with Crippen molar-refractivity contribution in [2.45, 2.75) is 12.8 Å². The van der Waals surface area contributed by atoms with Crippen molar-refractivity contribution in [1.29, 1.82) is 0 Å². The molecule has 83 valence electrons. The Hall–Kier alpha value is -1.98. The van der Waals surface area contributed by atoms with E-state index in [1.54, 1.807) is 6.07 Å². The zero-order chi connectivity index (χ0) is 11.7. The van der Waals surface area contributed by atoms with Crippen molar-refractivity contribution in [1.82, 2.24) is 10.3 Å². The number of fused-ring (bicyclic) bond motifs is 1. The zero-order valence-corrected chi connectivity index (χ0v) is 8.15. The number of aromatic nitrogens is 1. The lowest BCUT2D eigenvalue weighted by molar-refractivity contribution is 0.0996. The number of alkyl halides is 2. The molecule has 1 aliphatic heterocycles. The monoisotopic (exact) mass is 224 g/mol. The van der Waals surface area contributed by atoms with Crippen molar-refractivity contribution in [2.75, 3.05) is 0 Å². The van der Waals surface area contributed by atoms with E-state index in [1.165, 1.54) is 12.4 Å². The minimum absolute atomic E-state index is 0.0121. The van der Waals surface area contributed by atoms with Gasteiger partial charge in [0.05, 0.1) is 0 Å². The summed E-state index contributed by atoms with van der Waals surface area (Å²) in [4.78, 5) is 14.8. The highest BCUT2D eigenvalue weighted by Crippen LogP contribution is 2.34. The lowest BCUT2D eigenvalue weighted by Crippen LogP contribution is -2.14. The predicted molar refractivity (Wildman–Crippen MR) is 53.1 cm³/mol. The van der Waals surface area contributed by atoms with Gasteiger partial charge in [-0.3, -0.25) is 10.1 Å². The van der Waals surface area contributed by atoms with Crippen LogP contribution in [0.1, 0.15) is 22.5 Å². The lowest BCUT2D eigenvalue weighted by Gasteiger charge is -2.05. The van der Waals surface area contributed by atoms with E-state index < -0.39 is 18.8 Å². The Kier molecular flexibility index (Phi) is 2.55. The number of primary amides is 1. The van der Waals surface area contributed by atoms with Gasteiger partial charge in [0.25, 0.3) is 5.91 Å². The van der Waals surface area contributed by atoms with Gasteiger partial charge in [-0.05, 0) is 11.6 Å². The molecular weight excluding hydrogens is 216 g/mol. The molecule has 4 nitrogen and oxygen atoms in total. The van der Waals surface area contributed by atoms with E-state index in [9.17, 15) is 13.6 Å². The van der Waals surface area contributed by atoms with Gasteiger partial charge in [0.1, 0.15) is 5.69 Å². The van der Waals surface area contributed by atoms with Crippen LogP contribution in [-0.2, 0) is 0 Å². The van der Waals surface area contributed by atoms with Gasteiger partial charge < -0.3 is 5.73 Å². The average molecular weight is 224 g/mol. The first-order valence-corrected chi connectivity index (χ1v) is 4.57. The molecule has 1 amide bonds. The Bertz CT molecular complexity index is 471. The quantitative estimate of drug-likeness (QED) is 0.843. The maximum atomic E-state index is 12.3. The first-order valence-electron chi connectivity index (χ1n) is 4.57. The molecule has 0 atom stereocenters. The van der Waals surface area contributed by atoms with Gasteiger partial charge in [0.15, 0.2) is 5.69 Å². The minimum atomic E-state index is -2.45. The van der Waals surface area contributed by atoms with E-state index in [4.69, 9.17) is 5.73 Å². The summed E-state index contributed by atoms with van der Waals surface area (Å²) in [7, 11) is 0. The van der Waals surface area contributed by atoms with E-state index in [0.29, 0.717) is 11.1 Å². The molecule has 2 heterocycles. The van der Waals surface area contributed by atoms with Crippen LogP contribution in [0.25, 0.3) is 5.57 Å². The van der Waals surface area contributed by atoms with Crippen LogP contribution in [0.15, 0.2) is 18.5 Å². The van der Waals surface area contributed by atoms with Crippen LogP contribution in [0.2, 0.25) is 0 Å². The molecule has 0 saturated carbocycles. The molecular formula is C10H8F2N3O. The Morgan fingerprint density at radius 3 is 2.88 bits per heavy atom. The van der Waals surface area contributed by atoms with Crippen molar-refractivity contribution < 1.29 is 13.6 Å². The summed E-state index contributed by atoms with van der Waals surface area (Å²) in [5, 5.41) is 3.90. The molecule has 0 aromatic carbocycles. The fourth-order valence-electron chi connectivity index (χ4n) is 1.57. The number of amides is 1. The van der Waals surface area contributed by atoms with Gasteiger partial charge in [-0.15, -0.1) is 0 Å². The molecule has 0 unspecified atom stereocenters. The number of carbonyl (C=O) groups excluding carboxylic acids is 1. The van der Waals surface area contributed by atoms with Crippen molar-refractivity contribution in [2.24, 2.45) is 5.73 Å². The standard InChI is InChI=1S/C10H8F2N3O/c11-7(12)3-5-4-15-8-6(5)1-2-14-9(8)10(13)16/h1-2,4,7H,3H2,(H2,13,16). The number of rotatable bonds is 3. The van der Waals surface area contributed by atoms with Crippen molar-refractivity contribution in [3.05, 3.63) is 29.7 Å². The Balaban J connectivity index is 2.38. The summed E-state index contributed by atoms with van der Waals surface area (Å²) in [6, 6.07) is 1.55. The summed E-state index contributed by atoms with van der Waals surface area (Å²) < 4.78 is 24.5. The molecule has 1 aromatic rings. The van der Waals surface area contributed by atoms with Gasteiger partial charge >= 0.3 is 0 Å². The summed E-state index contributed by atoms with van der Waals surface area (Å²) in [5.74, 6) is -0.715. The number of halogens is 2. The Labute approximate surface area is 90.2 Å². The highest BCUT2D eigenvalue weighted by molar-refractivity contribution is 5.99. The number of hydrogen-bond acceptors (Lipinski definition) is 2. The summed E-state index contributed by atoms with van der Waals surface area (Å²) >= 11 is 0. The smallest absolute Gasteiger partial charge is 0.269 e. The van der Waals surface area contributed by atoms with E-state index >= 15 is 0 Å². The topological polar surface area (TPSA) is 70.1 Å². The first-order chi connectivity index (χ1) is 7.59. The third kappa shape index (κ3) is 1.73. The predicted octanol–water partition coefficient (Wildman–Crippen LogP) is 1.43. The van der Waals surface area contributed by atoms with Crippen molar-refractivity contribution >= 4 is 17.2 Å². The van der Waals surface area contributed by atoms with E-state index in [2.05, 4.69) is 10.3 Å². The molecule has 0 fully saturated rings. The summed E-state index contributed by atoms with van der Waals surface area (Å²) in [6.07, 6.45) is -0.152. The molecule has 1 radical (unpaired) electrons. The SMILES string of the molecule is NC(=O)c1nccc2c1[N]C=C2CC(F)F. The largest absolute Gasteiger partial charge is 0.364 e. The van der Waals surface area contributed by atoms with Crippen LogP contribution >= 0.6 is 0 Å². The van der Waals surface area contributed by atoms with Crippen LogP contribution in [0.5, 0.6) is 0 Å². The number of nitrogens with two attached hydrogens (primary N) is 1. The maximum absolute atomic E-state index is 12.3. The van der Waals surface area contributed by atoms with Gasteiger partial charge in [-0.25, -0.2) is 13.8 Å². The van der Waals surface area contributed by atoms with Crippen molar-refractivity contribution in [3.63, 3.8) is 0 Å². The minimum Gasteiger partial charge on any atom is -0.364 e. The second-order valence-corrected chi connectivity index (χ2v) is 3.30. The number of nitrogens with zero attached hydrogens (tertiary/aromatic N) is 2. The molecule has 6 heteroatoms. The molecule has 0 spiro atoms. The van der Waals surface area contributed by atoms with Crippen LogP contribution in [0.3, 0.4) is 0 Å². The molecule has 1 aliphatic rings. The molecule has 0 bridgehead atoms. The number of hydrogen-bond donors (Lipinski definition) is 1. The second kappa shape index (κ2) is 3.88. The van der Waals surface area contributed by atoms with Crippen LogP contribution < -0.4 is 11.1 Å². The number of pyridine rings is 1. The Morgan fingerprint density at radius 2 is 2.25 bits per heavy atom. The Morgan fingerprint density at radius 1 is 1.50 bits per heavy atom. The average Bonchev–Trinajstić information content (AvgIpc) is 2.60. The van der Waals surface area contributed by atoms with Crippen molar-refractivity contribution in [3.8, 4) is 0 Å². The van der Waals surface area contributed by atoms with E-state index in [0.717, 1.165) is 0 Å². The second-order valence-electron chi connectivity index (χ2n) is 3.30. The highest BCUT2D eigenvalue weighted by Gasteiger charge is 2.23. The molecule has 16 heavy (non-hydrogen) atoms. The van der Waals surface area contributed by atoms with Gasteiger partial charge in [-0.1, -0.05) is 0 Å². The first kappa shape index (κ1) is 10.5.